The second-order valence-corrected chi connectivity index (χ2v) is 12.2. The monoisotopic (exact) mass is 547 g/mol. The van der Waals surface area contributed by atoms with Crippen LogP contribution >= 0.6 is 0 Å². The Morgan fingerprint density at radius 1 is 0.854 bits per heavy atom. The number of pyridine rings is 1. The molecule has 0 bridgehead atoms. The number of likely N-dealkylation sites (tertiary alicyclic amines) is 1. The summed E-state index contributed by atoms with van der Waals surface area (Å²) in [5.41, 5.74) is 7.54. The van der Waals surface area contributed by atoms with E-state index in [-0.39, 0.29) is 11.8 Å². The number of fused-ring (bicyclic) bond motifs is 5. The lowest BCUT2D eigenvalue weighted by Crippen LogP contribution is -2.42. The van der Waals surface area contributed by atoms with Gasteiger partial charge in [0.25, 0.3) is 0 Å². The van der Waals surface area contributed by atoms with E-state index in [0.29, 0.717) is 30.4 Å². The van der Waals surface area contributed by atoms with Gasteiger partial charge in [-0.15, -0.1) is 0 Å². The topological polar surface area (TPSA) is 75.4 Å². The maximum Gasteiger partial charge on any atom is 0.335 e. The van der Waals surface area contributed by atoms with E-state index in [2.05, 4.69) is 50.8 Å². The van der Waals surface area contributed by atoms with Crippen LogP contribution in [0.25, 0.3) is 22.2 Å². The van der Waals surface area contributed by atoms with Crippen LogP contribution < -0.4 is 0 Å². The molecule has 6 nitrogen and oxygen atoms in total. The SMILES string of the molecule is O=C(O)c1ccc2c(C3CCCCC3)c3n(c2c1)CC(C(=O)N1CCC(c2ccncc2)CC1)Cc1ccccc1-3. The van der Waals surface area contributed by atoms with Crippen LogP contribution in [0.15, 0.2) is 67.0 Å². The van der Waals surface area contributed by atoms with Gasteiger partial charge in [0.1, 0.15) is 0 Å². The van der Waals surface area contributed by atoms with Crippen molar-refractivity contribution in [1.29, 1.82) is 0 Å². The van der Waals surface area contributed by atoms with Crippen LogP contribution in [0.2, 0.25) is 0 Å². The summed E-state index contributed by atoms with van der Waals surface area (Å²) >= 11 is 0. The van der Waals surface area contributed by atoms with Gasteiger partial charge in [-0.25, -0.2) is 4.79 Å². The molecule has 0 radical (unpaired) electrons. The van der Waals surface area contributed by atoms with Crippen LogP contribution in [0, 0.1) is 5.92 Å². The zero-order valence-corrected chi connectivity index (χ0v) is 23.5. The van der Waals surface area contributed by atoms with E-state index in [0.717, 1.165) is 49.7 Å². The zero-order chi connectivity index (χ0) is 27.9. The van der Waals surface area contributed by atoms with Crippen molar-refractivity contribution in [3.05, 3.63) is 89.2 Å². The molecule has 2 fully saturated rings. The van der Waals surface area contributed by atoms with Crippen LogP contribution in [0.5, 0.6) is 0 Å². The molecule has 210 valence electrons. The lowest BCUT2D eigenvalue weighted by molar-refractivity contribution is -0.137. The van der Waals surface area contributed by atoms with Crippen molar-refractivity contribution in [1.82, 2.24) is 14.5 Å². The Labute approximate surface area is 241 Å². The molecule has 7 rings (SSSR count). The minimum Gasteiger partial charge on any atom is -0.478 e. The second-order valence-electron chi connectivity index (χ2n) is 12.2. The quantitative estimate of drug-likeness (QED) is 0.298. The first-order valence-corrected chi connectivity index (χ1v) is 15.2. The maximum absolute atomic E-state index is 14.2. The van der Waals surface area contributed by atoms with Crippen molar-refractivity contribution in [2.75, 3.05) is 13.1 Å². The van der Waals surface area contributed by atoms with E-state index in [1.165, 1.54) is 47.2 Å². The van der Waals surface area contributed by atoms with Gasteiger partial charge in [0.15, 0.2) is 0 Å². The van der Waals surface area contributed by atoms with Gasteiger partial charge in [-0.3, -0.25) is 9.78 Å². The number of carbonyl (C=O) groups excluding carboxylic acids is 1. The van der Waals surface area contributed by atoms with Gasteiger partial charge in [-0.05, 0) is 84.9 Å². The molecule has 3 aliphatic rings. The normalized spacial score (nSPS) is 19.9. The molecule has 0 spiro atoms. The largest absolute Gasteiger partial charge is 0.478 e. The van der Waals surface area contributed by atoms with Crippen LogP contribution in [0.1, 0.15) is 83.8 Å². The summed E-state index contributed by atoms with van der Waals surface area (Å²) in [5, 5.41) is 11.0. The molecule has 1 N–H and O–H groups in total. The van der Waals surface area contributed by atoms with Crippen molar-refractivity contribution in [3.8, 4) is 11.3 Å². The predicted molar refractivity (Wildman–Crippen MR) is 160 cm³/mol. The molecule has 4 heterocycles. The number of rotatable bonds is 4. The van der Waals surface area contributed by atoms with E-state index in [9.17, 15) is 14.7 Å². The van der Waals surface area contributed by atoms with Gasteiger partial charge < -0.3 is 14.6 Å². The van der Waals surface area contributed by atoms with Gasteiger partial charge in [0.2, 0.25) is 5.91 Å². The molecule has 41 heavy (non-hydrogen) atoms. The van der Waals surface area contributed by atoms with Crippen LogP contribution in [0.3, 0.4) is 0 Å². The Kier molecular flexibility index (Phi) is 6.85. The molecule has 2 aromatic heterocycles. The minimum atomic E-state index is -0.916. The van der Waals surface area contributed by atoms with E-state index in [4.69, 9.17) is 0 Å². The summed E-state index contributed by atoms with van der Waals surface area (Å²) in [7, 11) is 0. The van der Waals surface area contributed by atoms with Crippen LogP contribution in [0.4, 0.5) is 0 Å². The highest BCUT2D eigenvalue weighted by molar-refractivity contribution is 5.99. The van der Waals surface area contributed by atoms with Crippen molar-refractivity contribution >= 4 is 22.8 Å². The minimum absolute atomic E-state index is 0.196. The van der Waals surface area contributed by atoms with Crippen molar-refractivity contribution < 1.29 is 14.7 Å². The molecule has 4 aromatic rings. The number of piperidine rings is 1. The van der Waals surface area contributed by atoms with Gasteiger partial charge in [0.05, 0.1) is 17.2 Å². The molecule has 1 aliphatic carbocycles. The summed E-state index contributed by atoms with van der Waals surface area (Å²) < 4.78 is 2.31. The molecule has 1 amide bonds. The first kappa shape index (κ1) is 26.0. The van der Waals surface area contributed by atoms with Gasteiger partial charge >= 0.3 is 5.97 Å². The van der Waals surface area contributed by atoms with E-state index >= 15 is 0 Å². The third-order valence-electron chi connectivity index (χ3n) is 9.84. The smallest absolute Gasteiger partial charge is 0.335 e. The summed E-state index contributed by atoms with van der Waals surface area (Å²) in [6, 6.07) is 18.4. The molecular weight excluding hydrogens is 510 g/mol. The number of nitrogens with zero attached hydrogens (tertiary/aromatic N) is 3. The predicted octanol–water partition coefficient (Wildman–Crippen LogP) is 7.03. The molecule has 2 aliphatic heterocycles. The fourth-order valence-electron chi connectivity index (χ4n) is 7.77. The van der Waals surface area contributed by atoms with Crippen LogP contribution in [-0.2, 0) is 17.8 Å². The van der Waals surface area contributed by atoms with E-state index in [1.807, 2.05) is 24.5 Å². The van der Waals surface area contributed by atoms with Crippen molar-refractivity contribution in [3.63, 3.8) is 0 Å². The summed E-state index contributed by atoms with van der Waals surface area (Å²) in [6.07, 6.45) is 12.4. The van der Waals surface area contributed by atoms with Gasteiger partial charge in [0, 0.05) is 48.5 Å². The highest BCUT2D eigenvalue weighted by Gasteiger charge is 2.35. The summed E-state index contributed by atoms with van der Waals surface area (Å²) in [5.74, 6) is 0.0185. The Bertz CT molecular complexity index is 1590. The number of aromatic nitrogens is 2. The van der Waals surface area contributed by atoms with Crippen molar-refractivity contribution in [2.24, 2.45) is 5.92 Å². The molecule has 1 unspecified atom stereocenters. The number of amides is 1. The van der Waals surface area contributed by atoms with E-state index in [1.54, 1.807) is 6.07 Å². The number of benzene rings is 2. The zero-order valence-electron chi connectivity index (χ0n) is 23.5. The first-order chi connectivity index (χ1) is 20.1. The Morgan fingerprint density at radius 2 is 1.61 bits per heavy atom. The number of carbonyl (C=O) groups is 2. The fraction of sp³-hybridized carbons (Fsp3) is 0.400. The lowest BCUT2D eigenvalue weighted by atomic mass is 9.81. The number of hydrogen-bond acceptors (Lipinski definition) is 3. The van der Waals surface area contributed by atoms with Gasteiger partial charge in [-0.1, -0.05) is 49.6 Å². The van der Waals surface area contributed by atoms with Gasteiger partial charge in [-0.2, -0.15) is 0 Å². The molecule has 2 aromatic carbocycles. The molecule has 1 saturated heterocycles. The number of carboxylic acid groups (broad SMARTS) is 1. The second kappa shape index (κ2) is 10.8. The first-order valence-electron chi connectivity index (χ1n) is 15.2. The average molecular weight is 548 g/mol. The average Bonchev–Trinajstić information content (AvgIpc) is 3.24. The molecular formula is C35H37N3O3. The molecule has 1 saturated carbocycles. The molecule has 6 heteroatoms. The Balaban J connectivity index is 1.28. The highest BCUT2D eigenvalue weighted by Crippen LogP contribution is 2.47. The number of carboxylic acids is 1. The van der Waals surface area contributed by atoms with E-state index < -0.39 is 5.97 Å². The number of hydrogen-bond donors (Lipinski definition) is 1. The summed E-state index contributed by atoms with van der Waals surface area (Å²) in [6.45, 7) is 2.10. The Morgan fingerprint density at radius 3 is 2.37 bits per heavy atom. The number of aromatic carboxylic acids is 1. The molecule has 1 atom stereocenters. The van der Waals surface area contributed by atoms with Crippen LogP contribution in [-0.4, -0.2) is 44.5 Å². The highest BCUT2D eigenvalue weighted by atomic mass is 16.4. The third-order valence-corrected chi connectivity index (χ3v) is 9.84. The summed E-state index contributed by atoms with van der Waals surface area (Å²) in [4.78, 5) is 32.5. The standard InChI is InChI=1S/C35H37N3O3/c39-34(37-18-14-24(15-19-37)23-12-16-36-17-13-23)28-20-26-8-4-5-9-29(26)33-32(25-6-2-1-3-7-25)30-11-10-27(35(40)41)21-31(30)38(33)22-28/h4-5,8-13,16-17,21,24-25,28H,1-3,6-7,14-15,18-20,22H2,(H,40,41). The maximum atomic E-state index is 14.2. The third kappa shape index (κ3) is 4.73. The van der Waals surface area contributed by atoms with Crippen molar-refractivity contribution in [2.45, 2.75) is 69.7 Å². The Hall–Kier alpha value is -3.93. The lowest BCUT2D eigenvalue weighted by Gasteiger charge is -2.34. The fourth-order valence-corrected chi connectivity index (χ4v) is 7.77.